The molecule has 68 valence electrons. The summed E-state index contributed by atoms with van der Waals surface area (Å²) in [5, 5.41) is 9.39. The Balaban J connectivity index is 2.45. The van der Waals surface area contributed by atoms with Crippen LogP contribution in [0.25, 0.3) is 0 Å². The van der Waals surface area contributed by atoms with Crippen molar-refractivity contribution in [3.63, 3.8) is 0 Å². The first-order valence-electron chi connectivity index (χ1n) is 3.94. The lowest BCUT2D eigenvalue weighted by atomic mass is 10.1. The molecule has 1 N–H and O–H groups in total. The normalized spacial score (nSPS) is 34.9. The zero-order chi connectivity index (χ0) is 8.97. The highest BCUT2D eigenvalue weighted by atomic mass is 16.6. The smallest absolute Gasteiger partial charge is 0.116 e. The Hall–Kier alpha value is -0.640. The highest BCUT2D eigenvalue weighted by Crippen LogP contribution is 2.18. The van der Waals surface area contributed by atoms with E-state index in [-0.39, 0.29) is 12.2 Å². The van der Waals surface area contributed by atoms with Gasteiger partial charge in [-0.1, -0.05) is 12.2 Å². The van der Waals surface area contributed by atoms with Gasteiger partial charge < -0.3 is 14.6 Å². The van der Waals surface area contributed by atoms with Gasteiger partial charge >= 0.3 is 0 Å². The van der Waals surface area contributed by atoms with Crippen molar-refractivity contribution in [2.45, 2.75) is 18.3 Å². The molecule has 1 aliphatic heterocycles. The van der Waals surface area contributed by atoms with Gasteiger partial charge in [-0.15, -0.1) is 13.2 Å². The second kappa shape index (κ2) is 4.40. The topological polar surface area (TPSA) is 38.7 Å². The quantitative estimate of drug-likeness (QED) is 0.624. The molecular weight excluding hydrogens is 156 g/mol. The summed E-state index contributed by atoms with van der Waals surface area (Å²) < 4.78 is 10.5. The van der Waals surface area contributed by atoms with Gasteiger partial charge in [-0.2, -0.15) is 0 Å². The lowest BCUT2D eigenvalue weighted by Gasteiger charge is -2.16. The summed E-state index contributed by atoms with van der Waals surface area (Å²) >= 11 is 0. The number of hydrogen-bond donors (Lipinski definition) is 1. The van der Waals surface area contributed by atoms with Gasteiger partial charge in [-0.25, -0.2) is 0 Å². The molecule has 1 heterocycles. The van der Waals surface area contributed by atoms with Crippen LogP contribution in [0.4, 0.5) is 0 Å². The van der Waals surface area contributed by atoms with Crippen LogP contribution >= 0.6 is 0 Å². The van der Waals surface area contributed by atoms with Crippen molar-refractivity contribution < 1.29 is 14.6 Å². The van der Waals surface area contributed by atoms with Crippen LogP contribution in [-0.4, -0.2) is 36.6 Å². The van der Waals surface area contributed by atoms with Crippen LogP contribution in [0.2, 0.25) is 0 Å². The molecule has 0 aromatic heterocycles. The zero-order valence-corrected chi connectivity index (χ0v) is 6.98. The minimum Gasteiger partial charge on any atom is -0.388 e. The van der Waals surface area contributed by atoms with Crippen molar-refractivity contribution in [1.29, 1.82) is 0 Å². The summed E-state index contributed by atoms with van der Waals surface area (Å²) in [5.74, 6) is 0. The summed E-state index contributed by atoms with van der Waals surface area (Å²) in [6, 6.07) is 0. The van der Waals surface area contributed by atoms with E-state index in [0.717, 1.165) is 0 Å². The molecule has 0 aromatic rings. The fourth-order valence-corrected chi connectivity index (χ4v) is 1.21. The second-order valence-corrected chi connectivity index (χ2v) is 2.69. The van der Waals surface area contributed by atoms with E-state index in [4.69, 9.17) is 9.47 Å². The Labute approximate surface area is 72.3 Å². The van der Waals surface area contributed by atoms with Crippen LogP contribution in [0, 0.1) is 0 Å². The molecular formula is C9H14O3. The maximum Gasteiger partial charge on any atom is 0.116 e. The van der Waals surface area contributed by atoms with Crippen molar-refractivity contribution in [2.24, 2.45) is 0 Å². The van der Waals surface area contributed by atoms with Crippen LogP contribution in [0.15, 0.2) is 25.3 Å². The Morgan fingerprint density at radius 1 is 1.58 bits per heavy atom. The molecule has 1 saturated heterocycles. The van der Waals surface area contributed by atoms with Gasteiger partial charge in [0.1, 0.15) is 18.3 Å². The Bertz CT molecular complexity index is 167. The Morgan fingerprint density at radius 2 is 2.33 bits per heavy atom. The van der Waals surface area contributed by atoms with E-state index in [1.54, 1.807) is 12.2 Å². The molecule has 3 atom stereocenters. The maximum atomic E-state index is 9.39. The highest BCUT2D eigenvalue weighted by Gasteiger charge is 2.34. The summed E-state index contributed by atoms with van der Waals surface area (Å²) in [6.07, 6.45) is 2.25. The largest absolute Gasteiger partial charge is 0.388 e. The zero-order valence-electron chi connectivity index (χ0n) is 6.98. The average molecular weight is 170 g/mol. The van der Waals surface area contributed by atoms with Crippen LogP contribution in [-0.2, 0) is 9.47 Å². The standard InChI is InChI=1S/C9H14O3/c1-3-5-11-9-7(10)6-12-8(9)4-2/h3-4,7-10H,1-2,5-6H2/t7-,8+,9+/m0/s1. The third kappa shape index (κ3) is 1.94. The molecule has 0 aliphatic carbocycles. The van der Waals surface area contributed by atoms with Crippen LogP contribution in [0.1, 0.15) is 0 Å². The summed E-state index contributed by atoms with van der Waals surface area (Å²) in [6.45, 7) is 7.86. The third-order valence-corrected chi connectivity index (χ3v) is 1.80. The molecule has 1 aliphatic rings. The van der Waals surface area contributed by atoms with Crippen LogP contribution in [0.5, 0.6) is 0 Å². The third-order valence-electron chi connectivity index (χ3n) is 1.80. The molecule has 1 fully saturated rings. The molecule has 0 bridgehead atoms. The lowest BCUT2D eigenvalue weighted by molar-refractivity contribution is -0.0120. The van der Waals surface area contributed by atoms with Gasteiger partial charge in [-0.3, -0.25) is 0 Å². The van der Waals surface area contributed by atoms with E-state index in [9.17, 15) is 5.11 Å². The molecule has 12 heavy (non-hydrogen) atoms. The number of aliphatic hydroxyl groups excluding tert-OH is 1. The lowest BCUT2D eigenvalue weighted by Crippen LogP contribution is -2.32. The molecule has 3 nitrogen and oxygen atoms in total. The molecule has 0 unspecified atom stereocenters. The predicted molar refractivity (Wildman–Crippen MR) is 45.9 cm³/mol. The van der Waals surface area contributed by atoms with Gasteiger partial charge in [-0.05, 0) is 0 Å². The Morgan fingerprint density at radius 3 is 2.92 bits per heavy atom. The van der Waals surface area contributed by atoms with Crippen molar-refractivity contribution in [3.8, 4) is 0 Å². The fourth-order valence-electron chi connectivity index (χ4n) is 1.21. The first-order valence-corrected chi connectivity index (χ1v) is 3.94. The summed E-state index contributed by atoms with van der Waals surface area (Å²) in [4.78, 5) is 0. The molecule has 1 rings (SSSR count). The first kappa shape index (κ1) is 9.45. The SMILES string of the molecule is C=CCO[C@@H]1[C@@H](O)CO[C@@H]1C=C. The van der Waals surface area contributed by atoms with Crippen molar-refractivity contribution in [1.82, 2.24) is 0 Å². The summed E-state index contributed by atoms with van der Waals surface area (Å²) in [5.41, 5.74) is 0. The molecule has 0 spiro atoms. The predicted octanol–water partition coefficient (Wildman–Crippen LogP) is 0.503. The maximum absolute atomic E-state index is 9.39. The Kier molecular flexibility index (Phi) is 3.47. The van der Waals surface area contributed by atoms with E-state index < -0.39 is 6.10 Å². The molecule has 0 radical (unpaired) electrons. The van der Waals surface area contributed by atoms with E-state index in [1.807, 2.05) is 0 Å². The highest BCUT2D eigenvalue weighted by molar-refractivity contribution is 4.95. The molecule has 0 aromatic carbocycles. The van der Waals surface area contributed by atoms with Gasteiger partial charge in [0, 0.05) is 0 Å². The van der Waals surface area contributed by atoms with Crippen molar-refractivity contribution in [3.05, 3.63) is 25.3 Å². The van der Waals surface area contributed by atoms with Gasteiger partial charge in [0.05, 0.1) is 13.2 Å². The van der Waals surface area contributed by atoms with E-state index in [1.165, 1.54) is 0 Å². The fraction of sp³-hybridized carbons (Fsp3) is 0.556. The number of ether oxygens (including phenoxy) is 2. The number of rotatable bonds is 4. The molecule has 0 amide bonds. The van der Waals surface area contributed by atoms with Crippen LogP contribution < -0.4 is 0 Å². The van der Waals surface area contributed by atoms with E-state index in [0.29, 0.717) is 13.2 Å². The monoisotopic (exact) mass is 170 g/mol. The van der Waals surface area contributed by atoms with Crippen molar-refractivity contribution >= 4 is 0 Å². The number of hydrogen-bond acceptors (Lipinski definition) is 3. The number of aliphatic hydroxyl groups is 1. The minimum absolute atomic E-state index is 0.194. The van der Waals surface area contributed by atoms with Gasteiger partial charge in [0.15, 0.2) is 0 Å². The first-order chi connectivity index (χ1) is 5.79. The van der Waals surface area contributed by atoms with Crippen molar-refractivity contribution in [2.75, 3.05) is 13.2 Å². The average Bonchev–Trinajstić information content (AvgIpc) is 2.43. The minimum atomic E-state index is -0.548. The second-order valence-electron chi connectivity index (χ2n) is 2.69. The molecule has 3 heteroatoms. The summed E-state index contributed by atoms with van der Waals surface area (Å²) in [7, 11) is 0. The van der Waals surface area contributed by atoms with Gasteiger partial charge in [0.2, 0.25) is 0 Å². The molecule has 0 saturated carbocycles. The van der Waals surface area contributed by atoms with E-state index >= 15 is 0 Å². The van der Waals surface area contributed by atoms with Crippen LogP contribution in [0.3, 0.4) is 0 Å². The van der Waals surface area contributed by atoms with Gasteiger partial charge in [0.25, 0.3) is 0 Å². The van der Waals surface area contributed by atoms with E-state index in [2.05, 4.69) is 13.2 Å².